The summed E-state index contributed by atoms with van der Waals surface area (Å²) < 4.78 is 9.40. The Kier molecular flexibility index (Phi) is 6.17. The van der Waals surface area contributed by atoms with Gasteiger partial charge in [0.05, 0.1) is 16.7 Å². The number of nitrogens with zero attached hydrogens (tertiary/aromatic N) is 6. The summed E-state index contributed by atoms with van der Waals surface area (Å²) in [6.07, 6.45) is 5.74. The summed E-state index contributed by atoms with van der Waals surface area (Å²) in [6, 6.07) is 8.15. The standard InChI is InChI=1S/C28H35N7O2/c1-17(2)19-11-25(33(6)13-19)31-24-9-8-22-23(30-24)10-18(12-29-22)21-16-34(7)32-26(21)20-14-35(15-20)27(36)37-28(3,4)5/h8-13,16-17,20H,14-15H2,1-7H3,(H,30,31). The zero-order valence-electron chi connectivity index (χ0n) is 22.6. The second-order valence-electron chi connectivity index (χ2n) is 11.2. The van der Waals surface area contributed by atoms with Gasteiger partial charge < -0.3 is 19.5 Å². The Balaban J connectivity index is 1.38. The van der Waals surface area contributed by atoms with E-state index in [9.17, 15) is 4.79 Å². The van der Waals surface area contributed by atoms with Gasteiger partial charge in [0.25, 0.3) is 0 Å². The van der Waals surface area contributed by atoms with Crippen LogP contribution in [0.4, 0.5) is 16.4 Å². The van der Waals surface area contributed by atoms with Gasteiger partial charge in [0.2, 0.25) is 0 Å². The van der Waals surface area contributed by atoms with Crippen molar-refractivity contribution in [1.82, 2.24) is 29.2 Å². The number of hydrogen-bond donors (Lipinski definition) is 1. The molecule has 5 heterocycles. The molecule has 0 aliphatic carbocycles. The first kappa shape index (κ1) is 24.8. The van der Waals surface area contributed by atoms with E-state index in [0.717, 1.165) is 39.5 Å². The number of anilines is 2. The molecule has 194 valence electrons. The van der Waals surface area contributed by atoms with Gasteiger partial charge in [-0.05, 0) is 56.5 Å². The molecule has 0 radical (unpaired) electrons. The van der Waals surface area contributed by atoms with Crippen molar-refractivity contribution >= 4 is 28.8 Å². The quantitative estimate of drug-likeness (QED) is 0.385. The van der Waals surface area contributed by atoms with Crippen molar-refractivity contribution in [3.8, 4) is 11.1 Å². The number of likely N-dealkylation sites (tertiary alicyclic amines) is 1. The normalized spacial score (nSPS) is 14.3. The summed E-state index contributed by atoms with van der Waals surface area (Å²) in [7, 11) is 3.95. The second kappa shape index (κ2) is 9.21. The molecule has 4 aromatic rings. The molecule has 0 saturated carbocycles. The molecule has 1 aliphatic rings. The van der Waals surface area contributed by atoms with E-state index in [2.05, 4.69) is 47.0 Å². The average molecular weight is 502 g/mol. The van der Waals surface area contributed by atoms with Crippen LogP contribution in [0, 0.1) is 0 Å². The molecule has 5 rings (SSSR count). The maximum atomic E-state index is 12.4. The summed E-state index contributed by atoms with van der Waals surface area (Å²) in [5.74, 6) is 2.36. The SMILES string of the molecule is CC(C)c1cc(Nc2ccc3ncc(-c4cn(C)nc4C4CN(C(=O)OC(C)(C)C)C4)cc3n2)n(C)c1. The summed E-state index contributed by atoms with van der Waals surface area (Å²) in [6.45, 7) is 11.2. The van der Waals surface area contributed by atoms with E-state index in [0.29, 0.717) is 19.0 Å². The van der Waals surface area contributed by atoms with Crippen LogP contribution in [-0.4, -0.2) is 54.0 Å². The minimum atomic E-state index is -0.507. The van der Waals surface area contributed by atoms with Gasteiger partial charge in [-0.2, -0.15) is 5.10 Å². The number of aromatic nitrogens is 5. The highest BCUT2D eigenvalue weighted by molar-refractivity contribution is 5.82. The zero-order chi connectivity index (χ0) is 26.5. The van der Waals surface area contributed by atoms with Crippen LogP contribution < -0.4 is 5.32 Å². The highest BCUT2D eigenvalue weighted by Gasteiger charge is 2.37. The molecule has 1 aliphatic heterocycles. The minimum Gasteiger partial charge on any atom is -0.444 e. The van der Waals surface area contributed by atoms with Gasteiger partial charge in [-0.1, -0.05) is 13.8 Å². The van der Waals surface area contributed by atoms with Crippen LogP contribution >= 0.6 is 0 Å². The molecule has 0 bridgehead atoms. The lowest BCUT2D eigenvalue weighted by atomic mass is 9.92. The lowest BCUT2D eigenvalue weighted by Crippen LogP contribution is -2.50. The molecular formula is C28H35N7O2. The summed E-state index contributed by atoms with van der Waals surface area (Å²) >= 11 is 0. The Hall–Kier alpha value is -3.88. The van der Waals surface area contributed by atoms with Crippen molar-refractivity contribution in [2.75, 3.05) is 18.4 Å². The highest BCUT2D eigenvalue weighted by Crippen LogP contribution is 2.35. The topological polar surface area (TPSA) is 90.1 Å². The summed E-state index contributed by atoms with van der Waals surface area (Å²) in [5, 5.41) is 8.17. The number of amides is 1. The number of hydrogen-bond acceptors (Lipinski definition) is 6. The molecule has 9 heteroatoms. The lowest BCUT2D eigenvalue weighted by molar-refractivity contribution is 0.00787. The Bertz CT molecular complexity index is 1460. The Morgan fingerprint density at radius 1 is 1.11 bits per heavy atom. The van der Waals surface area contributed by atoms with E-state index in [1.807, 2.05) is 64.1 Å². The number of rotatable bonds is 5. The van der Waals surface area contributed by atoms with E-state index in [4.69, 9.17) is 14.8 Å². The third-order valence-corrected chi connectivity index (χ3v) is 6.57. The fourth-order valence-corrected chi connectivity index (χ4v) is 4.54. The van der Waals surface area contributed by atoms with E-state index in [1.165, 1.54) is 5.56 Å². The van der Waals surface area contributed by atoms with Gasteiger partial charge in [0.15, 0.2) is 0 Å². The molecule has 0 aromatic carbocycles. The first-order valence-corrected chi connectivity index (χ1v) is 12.7. The monoisotopic (exact) mass is 501 g/mol. The molecule has 1 amide bonds. The predicted molar refractivity (Wildman–Crippen MR) is 145 cm³/mol. The summed E-state index contributed by atoms with van der Waals surface area (Å²) in [5.41, 5.74) is 5.33. The first-order valence-electron chi connectivity index (χ1n) is 12.7. The number of fused-ring (bicyclic) bond motifs is 1. The summed E-state index contributed by atoms with van der Waals surface area (Å²) in [4.78, 5) is 23.6. The molecule has 37 heavy (non-hydrogen) atoms. The molecule has 9 nitrogen and oxygen atoms in total. The molecule has 1 N–H and O–H groups in total. The van der Waals surface area contributed by atoms with Crippen LogP contribution in [-0.2, 0) is 18.8 Å². The van der Waals surface area contributed by atoms with E-state index in [-0.39, 0.29) is 12.0 Å². The fraction of sp³-hybridized carbons (Fsp3) is 0.429. The van der Waals surface area contributed by atoms with Crippen LogP contribution in [0.25, 0.3) is 22.2 Å². The minimum absolute atomic E-state index is 0.146. The molecule has 0 unspecified atom stereocenters. The van der Waals surface area contributed by atoms with Gasteiger partial charge in [-0.3, -0.25) is 9.67 Å². The largest absolute Gasteiger partial charge is 0.444 e. The lowest BCUT2D eigenvalue weighted by Gasteiger charge is -2.39. The number of carbonyl (C=O) groups is 1. The Labute approximate surface area is 217 Å². The Morgan fingerprint density at radius 2 is 1.86 bits per heavy atom. The Morgan fingerprint density at radius 3 is 2.54 bits per heavy atom. The van der Waals surface area contributed by atoms with Gasteiger partial charge >= 0.3 is 6.09 Å². The van der Waals surface area contributed by atoms with Crippen molar-refractivity contribution in [1.29, 1.82) is 0 Å². The van der Waals surface area contributed by atoms with Crippen molar-refractivity contribution in [2.24, 2.45) is 14.1 Å². The zero-order valence-corrected chi connectivity index (χ0v) is 22.6. The van der Waals surface area contributed by atoms with Crippen molar-refractivity contribution in [3.05, 3.63) is 54.1 Å². The molecular weight excluding hydrogens is 466 g/mol. The van der Waals surface area contributed by atoms with Crippen LogP contribution in [0.5, 0.6) is 0 Å². The van der Waals surface area contributed by atoms with Gasteiger partial charge in [-0.25, -0.2) is 9.78 Å². The third kappa shape index (κ3) is 5.16. The van der Waals surface area contributed by atoms with Crippen LogP contribution in [0.3, 0.4) is 0 Å². The first-order chi connectivity index (χ1) is 17.5. The number of aryl methyl sites for hydroxylation is 2. The van der Waals surface area contributed by atoms with Crippen LogP contribution in [0.15, 0.2) is 42.9 Å². The number of pyridine rings is 2. The predicted octanol–water partition coefficient (Wildman–Crippen LogP) is 5.57. The molecule has 1 fully saturated rings. The van der Waals surface area contributed by atoms with E-state index in [1.54, 1.807) is 4.90 Å². The maximum Gasteiger partial charge on any atom is 0.410 e. The van der Waals surface area contributed by atoms with Crippen molar-refractivity contribution in [2.45, 2.75) is 52.1 Å². The highest BCUT2D eigenvalue weighted by atomic mass is 16.6. The third-order valence-electron chi connectivity index (χ3n) is 6.57. The second-order valence-corrected chi connectivity index (χ2v) is 11.2. The molecule has 1 saturated heterocycles. The van der Waals surface area contributed by atoms with Crippen molar-refractivity contribution < 1.29 is 9.53 Å². The molecule has 4 aromatic heterocycles. The smallest absolute Gasteiger partial charge is 0.410 e. The molecule has 0 atom stereocenters. The van der Waals surface area contributed by atoms with Crippen LogP contribution in [0.1, 0.15) is 57.7 Å². The van der Waals surface area contributed by atoms with Crippen LogP contribution in [0.2, 0.25) is 0 Å². The molecule has 0 spiro atoms. The van der Waals surface area contributed by atoms with Gasteiger partial charge in [0.1, 0.15) is 17.2 Å². The van der Waals surface area contributed by atoms with Gasteiger partial charge in [-0.15, -0.1) is 0 Å². The van der Waals surface area contributed by atoms with E-state index >= 15 is 0 Å². The maximum absolute atomic E-state index is 12.4. The van der Waals surface area contributed by atoms with Crippen molar-refractivity contribution in [3.63, 3.8) is 0 Å². The van der Waals surface area contributed by atoms with E-state index < -0.39 is 5.60 Å². The number of nitrogens with one attached hydrogen (secondary N) is 1. The fourth-order valence-electron chi connectivity index (χ4n) is 4.54. The number of carbonyl (C=O) groups excluding carboxylic acids is 1. The average Bonchev–Trinajstić information content (AvgIpc) is 3.33. The number of ether oxygens (including phenoxy) is 1. The van der Waals surface area contributed by atoms with Gasteiger partial charge in [0, 0.05) is 62.8 Å².